The molecule has 5 nitrogen and oxygen atoms in total. The molecule has 21 heavy (non-hydrogen) atoms. The van der Waals surface area contributed by atoms with Gasteiger partial charge in [0.25, 0.3) is 0 Å². The van der Waals surface area contributed by atoms with Crippen LogP contribution < -0.4 is 5.73 Å². The Morgan fingerprint density at radius 3 is 2.71 bits per heavy atom. The van der Waals surface area contributed by atoms with Crippen molar-refractivity contribution < 1.29 is 0 Å². The minimum atomic E-state index is 0.0776. The molecule has 0 aliphatic heterocycles. The van der Waals surface area contributed by atoms with Crippen LogP contribution in [0.1, 0.15) is 17.8 Å². The second kappa shape index (κ2) is 7.03. The average Bonchev–Trinajstić information content (AvgIpc) is 2.80. The van der Waals surface area contributed by atoms with E-state index in [0.717, 1.165) is 22.1 Å². The van der Waals surface area contributed by atoms with Gasteiger partial charge in [-0.2, -0.15) is 10.5 Å². The lowest BCUT2D eigenvalue weighted by molar-refractivity contribution is 0.685. The van der Waals surface area contributed by atoms with E-state index in [-0.39, 0.29) is 17.3 Å². The third-order valence-electron chi connectivity index (χ3n) is 2.83. The molecule has 2 N–H and O–H groups in total. The molecule has 0 aliphatic rings. The van der Waals surface area contributed by atoms with Gasteiger partial charge in [-0.05, 0) is 24.3 Å². The van der Waals surface area contributed by atoms with Gasteiger partial charge in [0, 0.05) is 11.4 Å². The number of nitrogen functional groups attached to an aromatic ring is 1. The molecule has 1 aromatic heterocycles. The van der Waals surface area contributed by atoms with Gasteiger partial charge in [-0.3, -0.25) is 0 Å². The van der Waals surface area contributed by atoms with E-state index in [1.807, 2.05) is 36.4 Å². The second-order valence-corrected chi connectivity index (χ2v) is 5.72. The Kier molecular flexibility index (Phi) is 5.10. The lowest BCUT2D eigenvalue weighted by Crippen LogP contribution is -2.06. The molecule has 0 bridgehead atoms. The van der Waals surface area contributed by atoms with Gasteiger partial charge in [0.05, 0.1) is 5.02 Å². The first-order chi connectivity index (χ1) is 10.2. The third-order valence-corrected chi connectivity index (χ3v) is 4.43. The Morgan fingerprint density at radius 1 is 1.29 bits per heavy atom. The van der Waals surface area contributed by atoms with Crippen molar-refractivity contribution in [1.82, 2.24) is 9.55 Å². The van der Waals surface area contributed by atoms with Crippen molar-refractivity contribution in [2.45, 2.75) is 17.9 Å². The minimum absolute atomic E-state index is 0.0776. The summed E-state index contributed by atoms with van der Waals surface area (Å²) >= 11 is 7.72. The van der Waals surface area contributed by atoms with E-state index in [9.17, 15) is 0 Å². The molecule has 0 unspecified atom stereocenters. The Hall–Kier alpha value is -2.15. The highest BCUT2D eigenvalue weighted by Gasteiger charge is 2.14. The standard InChI is InChI=1S/C14H12ClN5S/c15-10-4-1-2-5-13(10)21-7-3-6-20-12(9-17)11(8-16)19-14(20)18/h1-2,4-5H,3,6-7H2,(H2,18,19). The zero-order valence-electron chi connectivity index (χ0n) is 11.1. The monoisotopic (exact) mass is 317 g/mol. The first-order valence-electron chi connectivity index (χ1n) is 6.21. The topological polar surface area (TPSA) is 91.4 Å². The van der Waals surface area contributed by atoms with Crippen molar-refractivity contribution in [3.8, 4) is 12.1 Å². The molecule has 0 saturated carbocycles. The predicted octanol–water partition coefficient (Wildman–Crippen LogP) is 3.04. The molecule has 1 aromatic carbocycles. The fraction of sp³-hybridized carbons (Fsp3) is 0.214. The first kappa shape index (κ1) is 15.2. The number of benzene rings is 1. The normalized spacial score (nSPS) is 10.0. The summed E-state index contributed by atoms with van der Waals surface area (Å²) < 4.78 is 1.58. The van der Waals surface area contributed by atoms with Gasteiger partial charge in [-0.1, -0.05) is 23.7 Å². The smallest absolute Gasteiger partial charge is 0.202 e. The van der Waals surface area contributed by atoms with Crippen molar-refractivity contribution in [3.63, 3.8) is 0 Å². The number of nitrogens with two attached hydrogens (primary N) is 1. The van der Waals surface area contributed by atoms with E-state index < -0.39 is 0 Å². The molecule has 0 amide bonds. The number of nitrogens with zero attached hydrogens (tertiary/aromatic N) is 4. The van der Waals surface area contributed by atoms with E-state index in [1.54, 1.807) is 16.3 Å². The summed E-state index contributed by atoms with van der Waals surface area (Å²) in [6.07, 6.45) is 0.788. The van der Waals surface area contributed by atoms with Gasteiger partial charge >= 0.3 is 0 Å². The van der Waals surface area contributed by atoms with Gasteiger partial charge in [0.1, 0.15) is 12.1 Å². The zero-order valence-corrected chi connectivity index (χ0v) is 12.7. The molecule has 2 aromatic rings. The minimum Gasteiger partial charge on any atom is -0.369 e. The molecule has 106 valence electrons. The van der Waals surface area contributed by atoms with Crippen LogP contribution >= 0.6 is 23.4 Å². The summed E-state index contributed by atoms with van der Waals surface area (Å²) in [4.78, 5) is 4.90. The Morgan fingerprint density at radius 2 is 2.05 bits per heavy atom. The number of thioether (sulfide) groups is 1. The van der Waals surface area contributed by atoms with Gasteiger partial charge < -0.3 is 10.3 Å². The molecule has 0 fully saturated rings. The molecule has 0 atom stereocenters. The number of nitriles is 2. The van der Waals surface area contributed by atoms with Gasteiger partial charge in [-0.25, -0.2) is 4.98 Å². The fourth-order valence-corrected chi connectivity index (χ4v) is 3.03. The quantitative estimate of drug-likeness (QED) is 0.676. The van der Waals surface area contributed by atoms with E-state index in [1.165, 1.54) is 0 Å². The van der Waals surface area contributed by atoms with Crippen LogP contribution in [-0.2, 0) is 6.54 Å². The van der Waals surface area contributed by atoms with Crippen molar-refractivity contribution in [3.05, 3.63) is 40.7 Å². The lowest BCUT2D eigenvalue weighted by Gasteiger charge is -2.06. The van der Waals surface area contributed by atoms with Crippen LogP contribution in [0.15, 0.2) is 29.2 Å². The molecule has 0 saturated heterocycles. The number of halogens is 1. The molecule has 0 spiro atoms. The number of anilines is 1. The average molecular weight is 318 g/mol. The van der Waals surface area contributed by atoms with Crippen LogP contribution in [0.2, 0.25) is 5.02 Å². The lowest BCUT2D eigenvalue weighted by atomic mass is 10.3. The Bertz CT molecular complexity index is 726. The zero-order chi connectivity index (χ0) is 15.2. The van der Waals surface area contributed by atoms with Crippen molar-refractivity contribution in [2.75, 3.05) is 11.5 Å². The van der Waals surface area contributed by atoms with Crippen molar-refractivity contribution in [2.24, 2.45) is 0 Å². The number of hydrogen-bond acceptors (Lipinski definition) is 5. The molecule has 0 radical (unpaired) electrons. The van der Waals surface area contributed by atoms with Crippen LogP contribution in [0, 0.1) is 22.7 Å². The summed E-state index contributed by atoms with van der Waals surface area (Å²) in [5.74, 6) is 1.03. The number of rotatable bonds is 5. The van der Waals surface area contributed by atoms with Crippen LogP contribution in [0.25, 0.3) is 0 Å². The number of imidazole rings is 1. The van der Waals surface area contributed by atoms with E-state index in [2.05, 4.69) is 4.98 Å². The van der Waals surface area contributed by atoms with Gasteiger partial charge in [0.15, 0.2) is 11.4 Å². The summed E-state index contributed by atoms with van der Waals surface area (Å²) in [7, 11) is 0. The van der Waals surface area contributed by atoms with Crippen molar-refractivity contribution >= 4 is 29.3 Å². The van der Waals surface area contributed by atoms with Gasteiger partial charge in [0.2, 0.25) is 5.95 Å². The maximum Gasteiger partial charge on any atom is 0.202 e. The van der Waals surface area contributed by atoms with E-state index in [4.69, 9.17) is 27.9 Å². The number of aromatic nitrogens is 2. The summed E-state index contributed by atoms with van der Waals surface area (Å²) in [6, 6.07) is 11.5. The summed E-state index contributed by atoms with van der Waals surface area (Å²) in [5, 5.41) is 18.7. The van der Waals surface area contributed by atoms with Crippen LogP contribution in [0.3, 0.4) is 0 Å². The highest BCUT2D eigenvalue weighted by Crippen LogP contribution is 2.27. The number of hydrogen-bond donors (Lipinski definition) is 1. The largest absolute Gasteiger partial charge is 0.369 e. The molecule has 0 aliphatic carbocycles. The van der Waals surface area contributed by atoms with E-state index >= 15 is 0 Å². The molecular weight excluding hydrogens is 306 g/mol. The van der Waals surface area contributed by atoms with Crippen LogP contribution in [0.5, 0.6) is 0 Å². The fourth-order valence-electron chi connectivity index (χ4n) is 1.85. The predicted molar refractivity (Wildman–Crippen MR) is 82.9 cm³/mol. The van der Waals surface area contributed by atoms with Gasteiger partial charge in [-0.15, -0.1) is 11.8 Å². The summed E-state index contributed by atoms with van der Waals surface area (Å²) in [6.45, 7) is 0.543. The molecular formula is C14H12ClN5S. The van der Waals surface area contributed by atoms with Crippen LogP contribution in [-0.4, -0.2) is 15.3 Å². The first-order valence-corrected chi connectivity index (χ1v) is 7.57. The summed E-state index contributed by atoms with van der Waals surface area (Å²) in [5.41, 5.74) is 6.03. The SMILES string of the molecule is N#Cc1nc(N)n(CCCSc2ccccc2Cl)c1C#N. The third kappa shape index (κ3) is 3.49. The molecule has 2 rings (SSSR count). The Balaban J connectivity index is 1.96. The molecule has 1 heterocycles. The van der Waals surface area contributed by atoms with Crippen molar-refractivity contribution in [1.29, 1.82) is 10.5 Å². The maximum atomic E-state index is 9.07. The highest BCUT2D eigenvalue weighted by molar-refractivity contribution is 7.99. The maximum absolute atomic E-state index is 9.07. The molecule has 7 heteroatoms. The second-order valence-electron chi connectivity index (χ2n) is 4.17. The van der Waals surface area contributed by atoms with Crippen LogP contribution in [0.4, 0.5) is 5.95 Å². The van der Waals surface area contributed by atoms with E-state index in [0.29, 0.717) is 6.54 Å². The Labute approximate surface area is 132 Å². The highest BCUT2D eigenvalue weighted by atomic mass is 35.5.